The lowest BCUT2D eigenvalue weighted by molar-refractivity contribution is -0.136. The fraction of sp³-hybridized carbons (Fsp3) is 0.231. The minimum absolute atomic E-state index is 0.273. The Labute approximate surface area is 105 Å². The van der Waals surface area contributed by atoms with Crippen molar-refractivity contribution in [2.45, 2.75) is 6.92 Å². The summed E-state index contributed by atoms with van der Waals surface area (Å²) >= 11 is 0. The Morgan fingerprint density at radius 3 is 2.72 bits per heavy atom. The number of nitrogens with one attached hydrogen (secondary N) is 1. The summed E-state index contributed by atoms with van der Waals surface area (Å²) in [4.78, 5) is 22.2. The molecule has 0 unspecified atom stereocenters. The van der Waals surface area contributed by atoms with E-state index in [0.29, 0.717) is 11.3 Å². The molecule has 0 saturated heterocycles. The highest BCUT2D eigenvalue weighted by Crippen LogP contribution is 2.13. The van der Waals surface area contributed by atoms with Crippen LogP contribution in [0.3, 0.4) is 0 Å². The minimum atomic E-state index is -0.606. The van der Waals surface area contributed by atoms with E-state index in [-0.39, 0.29) is 6.61 Å². The second kappa shape index (κ2) is 6.97. The molecule has 18 heavy (non-hydrogen) atoms. The summed E-state index contributed by atoms with van der Waals surface area (Å²) in [6.45, 7) is 1.97. The van der Waals surface area contributed by atoms with Crippen LogP contribution >= 0.6 is 0 Å². The van der Waals surface area contributed by atoms with Crippen molar-refractivity contribution in [3.63, 3.8) is 0 Å². The van der Waals surface area contributed by atoms with E-state index < -0.39 is 12.1 Å². The van der Waals surface area contributed by atoms with Crippen molar-refractivity contribution < 1.29 is 19.1 Å². The molecule has 1 amide bonds. The number of hydrogen-bond acceptors (Lipinski definition) is 4. The van der Waals surface area contributed by atoms with Crippen LogP contribution in [-0.4, -0.2) is 25.8 Å². The van der Waals surface area contributed by atoms with Gasteiger partial charge in [-0.25, -0.2) is 9.59 Å². The Balaban J connectivity index is 2.88. The van der Waals surface area contributed by atoms with Gasteiger partial charge in [0.2, 0.25) is 0 Å². The van der Waals surface area contributed by atoms with Gasteiger partial charge in [-0.15, -0.1) is 0 Å². The smallest absolute Gasteiger partial charge is 0.411 e. The van der Waals surface area contributed by atoms with E-state index in [4.69, 9.17) is 0 Å². The van der Waals surface area contributed by atoms with Crippen LogP contribution in [0.15, 0.2) is 24.3 Å². The van der Waals surface area contributed by atoms with Crippen molar-refractivity contribution in [3.05, 3.63) is 29.8 Å². The summed E-state index contributed by atoms with van der Waals surface area (Å²) in [7, 11) is 1.27. The van der Waals surface area contributed by atoms with Crippen LogP contribution in [-0.2, 0) is 14.3 Å². The predicted octanol–water partition coefficient (Wildman–Crippen LogP) is 1.78. The number of para-hydroxylation sites is 1. The molecule has 0 aromatic heterocycles. The molecule has 1 rings (SSSR count). The molecule has 0 spiro atoms. The van der Waals surface area contributed by atoms with Crippen molar-refractivity contribution >= 4 is 17.7 Å². The van der Waals surface area contributed by atoms with Crippen LogP contribution in [0.1, 0.15) is 12.5 Å². The fourth-order valence-electron chi connectivity index (χ4n) is 1.15. The first-order valence-corrected chi connectivity index (χ1v) is 5.30. The minimum Gasteiger partial charge on any atom is -0.456 e. The van der Waals surface area contributed by atoms with Gasteiger partial charge < -0.3 is 9.47 Å². The first-order chi connectivity index (χ1) is 8.67. The number of rotatable bonds is 2. The molecule has 0 atom stereocenters. The van der Waals surface area contributed by atoms with Gasteiger partial charge in [-0.05, 0) is 19.1 Å². The number of hydrogen-bond donors (Lipinski definition) is 1. The molecule has 5 heteroatoms. The molecule has 1 aromatic rings. The van der Waals surface area contributed by atoms with Gasteiger partial charge in [0, 0.05) is 11.5 Å². The second-order valence-corrected chi connectivity index (χ2v) is 3.13. The highest BCUT2D eigenvalue weighted by Gasteiger charge is 2.04. The zero-order valence-corrected chi connectivity index (χ0v) is 10.1. The second-order valence-electron chi connectivity index (χ2n) is 3.13. The molecular weight excluding hydrogens is 234 g/mol. The van der Waals surface area contributed by atoms with Crippen molar-refractivity contribution in [2.75, 3.05) is 19.0 Å². The molecule has 0 radical (unpaired) electrons. The van der Waals surface area contributed by atoms with Crippen LogP contribution in [0.2, 0.25) is 0 Å². The van der Waals surface area contributed by atoms with Gasteiger partial charge in [0.25, 0.3) is 0 Å². The van der Waals surface area contributed by atoms with Gasteiger partial charge in [-0.3, -0.25) is 5.32 Å². The van der Waals surface area contributed by atoms with E-state index in [1.807, 2.05) is 0 Å². The highest BCUT2D eigenvalue weighted by atomic mass is 16.5. The largest absolute Gasteiger partial charge is 0.456 e. The summed E-state index contributed by atoms with van der Waals surface area (Å²) in [5.41, 5.74) is 0.983. The van der Waals surface area contributed by atoms with Crippen molar-refractivity contribution in [1.29, 1.82) is 0 Å². The molecule has 1 aromatic carbocycles. The number of benzene rings is 1. The van der Waals surface area contributed by atoms with E-state index in [0.717, 1.165) is 0 Å². The van der Waals surface area contributed by atoms with Gasteiger partial charge in [0.1, 0.15) is 0 Å². The van der Waals surface area contributed by atoms with Gasteiger partial charge in [-0.2, -0.15) is 0 Å². The summed E-state index contributed by atoms with van der Waals surface area (Å²) in [6.07, 6.45) is -0.597. The number of carbonyl (C=O) groups is 2. The number of methoxy groups -OCH3 is 1. The Kier molecular flexibility index (Phi) is 5.26. The monoisotopic (exact) mass is 247 g/mol. The van der Waals surface area contributed by atoms with Crippen molar-refractivity contribution in [2.24, 2.45) is 0 Å². The molecule has 0 heterocycles. The number of amides is 1. The quantitative estimate of drug-likeness (QED) is 0.639. The third-order valence-electron chi connectivity index (χ3n) is 1.92. The summed E-state index contributed by atoms with van der Waals surface area (Å²) in [6, 6.07) is 6.82. The Bertz CT molecular complexity index is 499. The fourth-order valence-corrected chi connectivity index (χ4v) is 1.15. The lowest BCUT2D eigenvalue weighted by Crippen LogP contribution is -2.11. The lowest BCUT2D eigenvalue weighted by Gasteiger charge is -2.05. The normalized spacial score (nSPS) is 8.78. The predicted molar refractivity (Wildman–Crippen MR) is 66.0 cm³/mol. The zero-order valence-electron chi connectivity index (χ0n) is 10.1. The molecule has 5 nitrogen and oxygen atoms in total. The summed E-state index contributed by atoms with van der Waals surface area (Å²) < 4.78 is 9.16. The standard InChI is InChI=1S/C13H13NO4/c1-3-18-12(15)9-8-10-6-4-5-7-11(10)14-13(16)17-2/h4-7H,3H2,1-2H3,(H,14,16). The van der Waals surface area contributed by atoms with Gasteiger partial charge in [0.05, 0.1) is 19.4 Å². The van der Waals surface area contributed by atoms with Crippen LogP contribution in [0, 0.1) is 11.8 Å². The summed E-state index contributed by atoms with van der Waals surface area (Å²) in [5.74, 6) is 4.35. The van der Waals surface area contributed by atoms with Crippen molar-refractivity contribution in [1.82, 2.24) is 0 Å². The lowest BCUT2D eigenvalue weighted by atomic mass is 10.2. The van der Waals surface area contributed by atoms with E-state index in [1.54, 1.807) is 31.2 Å². The number of ether oxygens (including phenoxy) is 2. The summed E-state index contributed by atoms with van der Waals surface area (Å²) in [5, 5.41) is 2.50. The average Bonchev–Trinajstić information content (AvgIpc) is 2.38. The SMILES string of the molecule is CCOC(=O)C#Cc1ccccc1NC(=O)OC. The molecule has 0 aliphatic carbocycles. The highest BCUT2D eigenvalue weighted by molar-refractivity contribution is 5.91. The first-order valence-electron chi connectivity index (χ1n) is 5.30. The number of anilines is 1. The topological polar surface area (TPSA) is 64.6 Å². The van der Waals surface area contributed by atoms with Crippen LogP contribution in [0.25, 0.3) is 0 Å². The zero-order chi connectivity index (χ0) is 13.4. The van der Waals surface area contributed by atoms with Crippen LogP contribution in [0.4, 0.5) is 10.5 Å². The van der Waals surface area contributed by atoms with Crippen LogP contribution < -0.4 is 5.32 Å². The maximum Gasteiger partial charge on any atom is 0.411 e. The van der Waals surface area contributed by atoms with Gasteiger partial charge in [0.15, 0.2) is 0 Å². The third kappa shape index (κ3) is 4.18. The average molecular weight is 247 g/mol. The van der Waals surface area contributed by atoms with E-state index >= 15 is 0 Å². The molecule has 1 N–H and O–H groups in total. The first kappa shape index (κ1) is 13.6. The maximum absolute atomic E-state index is 11.1. The van der Waals surface area contributed by atoms with Crippen LogP contribution in [0.5, 0.6) is 0 Å². The van der Waals surface area contributed by atoms with E-state index in [9.17, 15) is 9.59 Å². The Hall–Kier alpha value is -2.48. The van der Waals surface area contributed by atoms with E-state index in [2.05, 4.69) is 26.6 Å². The number of esters is 1. The molecule has 0 bridgehead atoms. The molecule has 0 fully saturated rings. The van der Waals surface area contributed by atoms with Crippen molar-refractivity contribution in [3.8, 4) is 11.8 Å². The molecule has 94 valence electrons. The third-order valence-corrected chi connectivity index (χ3v) is 1.92. The molecule has 0 aliphatic rings. The van der Waals surface area contributed by atoms with Gasteiger partial charge >= 0.3 is 12.1 Å². The van der Waals surface area contributed by atoms with E-state index in [1.165, 1.54) is 7.11 Å². The Morgan fingerprint density at radius 1 is 1.33 bits per heavy atom. The molecule has 0 aliphatic heterocycles. The Morgan fingerprint density at radius 2 is 2.06 bits per heavy atom. The maximum atomic E-state index is 11.1. The van der Waals surface area contributed by atoms with Gasteiger partial charge in [-0.1, -0.05) is 18.1 Å². The number of carbonyl (C=O) groups excluding carboxylic acids is 2. The molecular formula is C13H13NO4. The molecule has 0 saturated carbocycles.